The molecular formula is C17H27N3O3. The van der Waals surface area contributed by atoms with Gasteiger partial charge in [0.1, 0.15) is 5.60 Å². The first-order chi connectivity index (χ1) is 10.9. The summed E-state index contributed by atoms with van der Waals surface area (Å²) in [6.07, 6.45) is -0.439. The molecule has 23 heavy (non-hydrogen) atoms. The number of benzene rings is 1. The fourth-order valence-electron chi connectivity index (χ4n) is 2.28. The van der Waals surface area contributed by atoms with Crippen LogP contribution in [0.4, 0.5) is 16.2 Å². The molecule has 2 N–H and O–H groups in total. The van der Waals surface area contributed by atoms with Gasteiger partial charge in [-0.25, -0.2) is 4.79 Å². The van der Waals surface area contributed by atoms with E-state index in [0.29, 0.717) is 0 Å². The van der Waals surface area contributed by atoms with Gasteiger partial charge in [-0.3, -0.25) is 10.2 Å². The summed E-state index contributed by atoms with van der Waals surface area (Å²) < 4.78 is 10.6. The van der Waals surface area contributed by atoms with Crippen LogP contribution < -0.4 is 10.6 Å². The molecule has 0 radical (unpaired) electrons. The molecule has 1 fully saturated rings. The van der Waals surface area contributed by atoms with Gasteiger partial charge in [0.05, 0.1) is 13.2 Å². The van der Waals surface area contributed by atoms with Crippen LogP contribution in [0.3, 0.4) is 0 Å². The van der Waals surface area contributed by atoms with Crippen molar-refractivity contribution in [2.75, 3.05) is 50.0 Å². The maximum atomic E-state index is 11.7. The number of hydrogen-bond acceptors (Lipinski definition) is 5. The third-order valence-corrected chi connectivity index (χ3v) is 3.39. The highest BCUT2D eigenvalue weighted by Gasteiger charge is 2.16. The molecule has 6 nitrogen and oxygen atoms in total. The second-order valence-electron chi connectivity index (χ2n) is 6.59. The van der Waals surface area contributed by atoms with E-state index in [-0.39, 0.29) is 0 Å². The number of anilines is 2. The van der Waals surface area contributed by atoms with Crippen molar-refractivity contribution in [1.82, 2.24) is 4.90 Å². The van der Waals surface area contributed by atoms with Crippen molar-refractivity contribution in [2.45, 2.75) is 26.4 Å². The van der Waals surface area contributed by atoms with Crippen molar-refractivity contribution in [2.24, 2.45) is 0 Å². The number of amides is 1. The van der Waals surface area contributed by atoms with E-state index in [0.717, 1.165) is 50.8 Å². The lowest BCUT2D eigenvalue weighted by atomic mass is 10.2. The highest BCUT2D eigenvalue weighted by molar-refractivity contribution is 5.85. The number of carbonyl (C=O) groups excluding carboxylic acids is 1. The fraction of sp³-hybridized carbons (Fsp3) is 0.588. The molecule has 1 saturated heterocycles. The number of hydrogen-bond donors (Lipinski definition) is 2. The van der Waals surface area contributed by atoms with Crippen LogP contribution in [0.1, 0.15) is 20.8 Å². The molecule has 0 atom stereocenters. The predicted octanol–water partition coefficient (Wildman–Crippen LogP) is 2.78. The van der Waals surface area contributed by atoms with Gasteiger partial charge in [-0.15, -0.1) is 0 Å². The summed E-state index contributed by atoms with van der Waals surface area (Å²) in [6, 6.07) is 7.63. The molecule has 128 valence electrons. The normalized spacial score (nSPS) is 16.0. The SMILES string of the molecule is CC(C)(C)OC(=O)Nc1ccc(NCCN2CCOCC2)cc1. The van der Waals surface area contributed by atoms with Gasteiger partial charge in [0.25, 0.3) is 0 Å². The van der Waals surface area contributed by atoms with E-state index in [9.17, 15) is 4.79 Å². The van der Waals surface area contributed by atoms with Gasteiger partial charge < -0.3 is 14.8 Å². The lowest BCUT2D eigenvalue weighted by Crippen LogP contribution is -2.38. The van der Waals surface area contributed by atoms with E-state index >= 15 is 0 Å². The van der Waals surface area contributed by atoms with Gasteiger partial charge in [-0.2, -0.15) is 0 Å². The van der Waals surface area contributed by atoms with Crippen molar-refractivity contribution in [3.8, 4) is 0 Å². The highest BCUT2D eigenvalue weighted by atomic mass is 16.6. The molecule has 1 aromatic rings. The number of nitrogens with zero attached hydrogens (tertiary/aromatic N) is 1. The third kappa shape index (κ3) is 6.88. The average molecular weight is 321 g/mol. The van der Waals surface area contributed by atoms with Crippen molar-refractivity contribution in [3.63, 3.8) is 0 Å². The zero-order chi connectivity index (χ0) is 16.7. The Balaban J connectivity index is 1.72. The Bertz CT molecular complexity index is 491. The van der Waals surface area contributed by atoms with Crippen molar-refractivity contribution < 1.29 is 14.3 Å². The van der Waals surface area contributed by atoms with Gasteiger partial charge in [-0.1, -0.05) is 0 Å². The van der Waals surface area contributed by atoms with E-state index in [1.165, 1.54) is 0 Å². The molecule has 1 heterocycles. The van der Waals surface area contributed by atoms with Crippen LogP contribution in [0.15, 0.2) is 24.3 Å². The summed E-state index contributed by atoms with van der Waals surface area (Å²) in [5.41, 5.74) is 1.26. The van der Waals surface area contributed by atoms with E-state index in [4.69, 9.17) is 9.47 Å². The highest BCUT2D eigenvalue weighted by Crippen LogP contribution is 2.15. The van der Waals surface area contributed by atoms with Gasteiger partial charge in [0, 0.05) is 37.6 Å². The van der Waals surface area contributed by atoms with Crippen molar-refractivity contribution in [1.29, 1.82) is 0 Å². The summed E-state index contributed by atoms with van der Waals surface area (Å²) in [5, 5.41) is 6.11. The molecule has 0 aromatic heterocycles. The topological polar surface area (TPSA) is 62.8 Å². The Morgan fingerprint density at radius 1 is 1.17 bits per heavy atom. The maximum Gasteiger partial charge on any atom is 0.412 e. The minimum atomic E-state index is -0.495. The van der Waals surface area contributed by atoms with Crippen LogP contribution in [0.2, 0.25) is 0 Å². The Hall–Kier alpha value is -1.79. The van der Waals surface area contributed by atoms with E-state index in [2.05, 4.69) is 15.5 Å². The van der Waals surface area contributed by atoms with Gasteiger partial charge in [0.15, 0.2) is 0 Å². The molecule has 0 saturated carbocycles. The minimum absolute atomic E-state index is 0.439. The maximum absolute atomic E-state index is 11.7. The van der Waals surface area contributed by atoms with Gasteiger partial charge in [0.2, 0.25) is 0 Å². The number of ether oxygens (including phenoxy) is 2. The van der Waals surface area contributed by atoms with E-state index in [1.54, 1.807) is 0 Å². The Morgan fingerprint density at radius 3 is 2.39 bits per heavy atom. The summed E-state index contributed by atoms with van der Waals surface area (Å²) in [7, 11) is 0. The molecular weight excluding hydrogens is 294 g/mol. The number of carbonyl (C=O) groups is 1. The van der Waals surface area contributed by atoms with Gasteiger partial charge >= 0.3 is 6.09 Å². The molecule has 1 aromatic carbocycles. The van der Waals surface area contributed by atoms with Crippen molar-refractivity contribution >= 4 is 17.5 Å². The zero-order valence-electron chi connectivity index (χ0n) is 14.2. The van der Waals surface area contributed by atoms with E-state index < -0.39 is 11.7 Å². The predicted molar refractivity (Wildman–Crippen MR) is 92.0 cm³/mol. The molecule has 1 aliphatic heterocycles. The van der Waals surface area contributed by atoms with Crippen LogP contribution in [-0.4, -0.2) is 56.0 Å². The molecule has 0 bridgehead atoms. The molecule has 6 heteroatoms. The molecule has 0 aliphatic carbocycles. The molecule has 2 rings (SSSR count). The first kappa shape index (κ1) is 17.6. The number of morpholine rings is 1. The zero-order valence-corrected chi connectivity index (χ0v) is 14.2. The minimum Gasteiger partial charge on any atom is -0.444 e. The largest absolute Gasteiger partial charge is 0.444 e. The molecule has 1 amide bonds. The molecule has 0 spiro atoms. The summed E-state index contributed by atoms with van der Waals surface area (Å²) >= 11 is 0. The van der Waals surface area contributed by atoms with Crippen molar-refractivity contribution in [3.05, 3.63) is 24.3 Å². The van der Waals surface area contributed by atoms with Crippen LogP contribution in [0.25, 0.3) is 0 Å². The second-order valence-corrected chi connectivity index (χ2v) is 6.59. The first-order valence-corrected chi connectivity index (χ1v) is 8.06. The van der Waals surface area contributed by atoms with Crippen LogP contribution in [0.5, 0.6) is 0 Å². The molecule has 1 aliphatic rings. The number of rotatable bonds is 5. The summed E-state index contributed by atoms with van der Waals surface area (Å²) in [5.74, 6) is 0. The van der Waals surface area contributed by atoms with Gasteiger partial charge in [-0.05, 0) is 45.0 Å². The summed E-state index contributed by atoms with van der Waals surface area (Å²) in [4.78, 5) is 14.1. The Kier molecular flexibility index (Phi) is 6.24. The number of nitrogens with one attached hydrogen (secondary N) is 2. The average Bonchev–Trinajstić information content (AvgIpc) is 2.48. The van der Waals surface area contributed by atoms with E-state index in [1.807, 2.05) is 45.0 Å². The monoisotopic (exact) mass is 321 g/mol. The van der Waals surface area contributed by atoms with Crippen LogP contribution in [0, 0.1) is 0 Å². The smallest absolute Gasteiger partial charge is 0.412 e. The standard InChI is InChI=1S/C17H27N3O3/c1-17(2,3)23-16(21)19-15-6-4-14(5-7-15)18-8-9-20-10-12-22-13-11-20/h4-7,18H,8-13H2,1-3H3,(H,19,21). The fourth-order valence-corrected chi connectivity index (χ4v) is 2.28. The van der Waals surface area contributed by atoms with Crippen LogP contribution >= 0.6 is 0 Å². The first-order valence-electron chi connectivity index (χ1n) is 8.06. The third-order valence-electron chi connectivity index (χ3n) is 3.39. The Labute approximate surface area is 138 Å². The lowest BCUT2D eigenvalue weighted by molar-refractivity contribution is 0.0398. The second kappa shape index (κ2) is 8.17. The molecule has 0 unspecified atom stereocenters. The van der Waals surface area contributed by atoms with Crippen LogP contribution in [-0.2, 0) is 9.47 Å². The Morgan fingerprint density at radius 2 is 1.78 bits per heavy atom. The quantitative estimate of drug-likeness (QED) is 0.873. The summed E-state index contributed by atoms with van der Waals surface area (Å²) in [6.45, 7) is 11.1. The lowest BCUT2D eigenvalue weighted by Gasteiger charge is -2.26.